The summed E-state index contributed by atoms with van der Waals surface area (Å²) in [5.41, 5.74) is 0.0155. The summed E-state index contributed by atoms with van der Waals surface area (Å²) in [5.74, 6) is -0.956. The zero-order valence-electron chi connectivity index (χ0n) is 5.30. The topological polar surface area (TPSA) is 55.5 Å². The van der Waals surface area contributed by atoms with Crippen LogP contribution in [0, 0.1) is 10.1 Å². The Hall–Kier alpha value is -1.26. The molecule has 5 heteroatoms. The van der Waals surface area contributed by atoms with Gasteiger partial charge in [-0.3, -0.25) is 10.1 Å². The average molecular weight is 144 g/mol. The lowest BCUT2D eigenvalue weighted by molar-refractivity contribution is -0.427. The van der Waals surface area contributed by atoms with Crippen LogP contribution in [-0.2, 0) is 0 Å². The van der Waals surface area contributed by atoms with Gasteiger partial charge in [0.15, 0.2) is 0 Å². The summed E-state index contributed by atoms with van der Waals surface area (Å²) < 4.78 is 12.3. The van der Waals surface area contributed by atoms with E-state index in [9.17, 15) is 14.5 Å². The summed E-state index contributed by atoms with van der Waals surface area (Å²) >= 11 is 0. The van der Waals surface area contributed by atoms with E-state index in [4.69, 9.17) is 0 Å². The lowest BCUT2D eigenvalue weighted by atomic mass is 10.3. The average Bonchev–Trinajstić information content (AvgIpc) is 2.10. The molecular formula is C5H5FN2O2. The second kappa shape index (κ2) is 2.17. The number of hydrogen-bond acceptors (Lipinski definition) is 3. The molecule has 0 aromatic rings. The molecule has 0 saturated heterocycles. The molecule has 0 N–H and O–H groups in total. The highest BCUT2D eigenvalue weighted by Crippen LogP contribution is 2.20. The molecule has 0 radical (unpaired) electrons. The van der Waals surface area contributed by atoms with E-state index >= 15 is 0 Å². The zero-order chi connectivity index (χ0) is 7.72. The molecule has 4 nitrogen and oxygen atoms in total. The maximum Gasteiger partial charge on any atom is 0.306 e. The number of nitro groups is 1. The number of halogens is 1. The third-order valence-corrected chi connectivity index (χ3v) is 1.17. The minimum atomic E-state index is -0.956. The number of aliphatic imine (C=N–C) groups is 1. The lowest BCUT2D eigenvalue weighted by Crippen LogP contribution is -1.99. The highest BCUT2D eigenvalue weighted by Gasteiger charge is 2.25. The molecule has 1 heterocycles. The van der Waals surface area contributed by atoms with Gasteiger partial charge in [0, 0.05) is 5.71 Å². The van der Waals surface area contributed by atoms with Crippen molar-refractivity contribution in [3.63, 3.8) is 0 Å². The highest BCUT2D eigenvalue weighted by atomic mass is 19.1. The molecule has 0 spiro atoms. The molecule has 0 unspecified atom stereocenters. The van der Waals surface area contributed by atoms with Crippen LogP contribution in [0.15, 0.2) is 16.6 Å². The van der Waals surface area contributed by atoms with Gasteiger partial charge in [0.1, 0.15) is 0 Å². The second-order valence-corrected chi connectivity index (χ2v) is 2.02. The molecule has 10 heavy (non-hydrogen) atoms. The summed E-state index contributed by atoms with van der Waals surface area (Å²) in [4.78, 5) is 12.5. The molecule has 0 fully saturated rings. The Morgan fingerprint density at radius 1 is 1.80 bits per heavy atom. The fourth-order valence-corrected chi connectivity index (χ4v) is 0.727. The first kappa shape index (κ1) is 6.85. The van der Waals surface area contributed by atoms with Crippen molar-refractivity contribution >= 4 is 5.71 Å². The van der Waals surface area contributed by atoms with Crippen molar-refractivity contribution in [1.29, 1.82) is 0 Å². The van der Waals surface area contributed by atoms with E-state index in [0.717, 1.165) is 0 Å². The van der Waals surface area contributed by atoms with E-state index in [1.807, 2.05) is 0 Å². The second-order valence-electron chi connectivity index (χ2n) is 2.02. The Morgan fingerprint density at radius 2 is 2.40 bits per heavy atom. The molecule has 0 aromatic heterocycles. The summed E-state index contributed by atoms with van der Waals surface area (Å²) in [6.07, 6.45) is 0.0266. The summed E-state index contributed by atoms with van der Waals surface area (Å²) in [6.45, 7) is 1.55. The quantitative estimate of drug-likeness (QED) is 0.316. The molecule has 0 bridgehead atoms. The van der Waals surface area contributed by atoms with Crippen LogP contribution in [-0.4, -0.2) is 10.6 Å². The van der Waals surface area contributed by atoms with E-state index in [1.165, 1.54) is 0 Å². The van der Waals surface area contributed by atoms with Gasteiger partial charge in [0.2, 0.25) is 0 Å². The first-order chi connectivity index (χ1) is 4.61. The fourth-order valence-electron chi connectivity index (χ4n) is 0.727. The summed E-state index contributed by atoms with van der Waals surface area (Å²) in [5, 5.41) is 9.99. The van der Waals surface area contributed by atoms with E-state index < -0.39 is 16.6 Å². The maximum absolute atomic E-state index is 12.3. The first-order valence-electron chi connectivity index (χ1n) is 2.68. The van der Waals surface area contributed by atoms with Crippen LogP contribution in [0.3, 0.4) is 0 Å². The Morgan fingerprint density at radius 3 is 2.60 bits per heavy atom. The van der Waals surface area contributed by atoms with Gasteiger partial charge in [0.25, 0.3) is 5.95 Å². The van der Waals surface area contributed by atoms with Crippen molar-refractivity contribution < 1.29 is 9.31 Å². The molecule has 1 aliphatic rings. The standard InChI is InChI=1S/C5H5FN2O2/c1-3-2-4(8(9)10)5(6)7-3/h2H2,1H3. The lowest BCUT2D eigenvalue weighted by Gasteiger charge is -1.86. The fraction of sp³-hybridized carbons (Fsp3) is 0.400. The Labute approximate surface area is 56.2 Å². The first-order valence-corrected chi connectivity index (χ1v) is 2.68. The van der Waals surface area contributed by atoms with Crippen molar-refractivity contribution in [2.24, 2.45) is 4.99 Å². The van der Waals surface area contributed by atoms with Gasteiger partial charge in [0.05, 0.1) is 11.3 Å². The van der Waals surface area contributed by atoms with Crippen LogP contribution in [0.5, 0.6) is 0 Å². The van der Waals surface area contributed by atoms with Gasteiger partial charge < -0.3 is 0 Å². The van der Waals surface area contributed by atoms with Gasteiger partial charge in [-0.2, -0.15) is 4.39 Å². The van der Waals surface area contributed by atoms with Crippen molar-refractivity contribution in [2.45, 2.75) is 13.3 Å². The van der Waals surface area contributed by atoms with Crippen LogP contribution < -0.4 is 0 Å². The molecule has 54 valence electrons. The van der Waals surface area contributed by atoms with Crippen LogP contribution in [0.25, 0.3) is 0 Å². The maximum atomic E-state index is 12.3. The van der Waals surface area contributed by atoms with Crippen molar-refractivity contribution in [3.05, 3.63) is 21.8 Å². The largest absolute Gasteiger partial charge is 0.306 e. The smallest absolute Gasteiger partial charge is 0.258 e. The van der Waals surface area contributed by atoms with Crippen LogP contribution in [0.4, 0.5) is 4.39 Å². The molecule has 1 rings (SSSR count). The SMILES string of the molecule is CC1=NC(F)=C([N+](=O)[O-])C1. The Balaban J connectivity index is 2.86. The van der Waals surface area contributed by atoms with Crippen molar-refractivity contribution in [1.82, 2.24) is 0 Å². The monoisotopic (exact) mass is 144 g/mol. The van der Waals surface area contributed by atoms with E-state index in [2.05, 4.69) is 4.99 Å². The van der Waals surface area contributed by atoms with Crippen molar-refractivity contribution in [2.75, 3.05) is 0 Å². The molecular weight excluding hydrogens is 139 g/mol. The summed E-state index contributed by atoms with van der Waals surface area (Å²) in [7, 11) is 0. The van der Waals surface area contributed by atoms with Crippen LogP contribution in [0.1, 0.15) is 13.3 Å². The minimum absolute atomic E-state index is 0.0266. The Kier molecular flexibility index (Phi) is 1.48. The number of hydrogen-bond donors (Lipinski definition) is 0. The molecule has 0 aromatic carbocycles. The van der Waals surface area contributed by atoms with E-state index in [1.54, 1.807) is 6.92 Å². The number of rotatable bonds is 1. The predicted octanol–water partition coefficient (Wildman–Crippen LogP) is 1.27. The highest BCUT2D eigenvalue weighted by molar-refractivity contribution is 5.86. The molecule has 0 atom stereocenters. The Bertz CT molecular complexity index is 244. The molecule has 0 amide bonds. The predicted molar refractivity (Wildman–Crippen MR) is 32.9 cm³/mol. The van der Waals surface area contributed by atoms with Gasteiger partial charge in [-0.1, -0.05) is 0 Å². The molecule has 0 aliphatic carbocycles. The zero-order valence-corrected chi connectivity index (χ0v) is 5.30. The van der Waals surface area contributed by atoms with Crippen LogP contribution >= 0.6 is 0 Å². The third kappa shape index (κ3) is 1.02. The number of allylic oxidation sites excluding steroid dienone is 1. The van der Waals surface area contributed by atoms with Gasteiger partial charge in [-0.05, 0) is 6.92 Å². The van der Waals surface area contributed by atoms with Crippen LogP contribution in [0.2, 0.25) is 0 Å². The molecule has 0 saturated carbocycles. The molecule has 1 aliphatic heterocycles. The third-order valence-electron chi connectivity index (χ3n) is 1.17. The summed E-state index contributed by atoms with van der Waals surface area (Å²) in [6, 6.07) is 0. The minimum Gasteiger partial charge on any atom is -0.258 e. The normalized spacial score (nSPS) is 17.6. The van der Waals surface area contributed by atoms with Gasteiger partial charge in [-0.15, -0.1) is 0 Å². The van der Waals surface area contributed by atoms with E-state index in [-0.39, 0.29) is 6.42 Å². The van der Waals surface area contributed by atoms with Gasteiger partial charge in [-0.25, -0.2) is 4.99 Å². The van der Waals surface area contributed by atoms with Crippen molar-refractivity contribution in [3.8, 4) is 0 Å². The van der Waals surface area contributed by atoms with E-state index in [0.29, 0.717) is 5.71 Å². The van der Waals surface area contributed by atoms with Gasteiger partial charge >= 0.3 is 5.70 Å². The number of nitrogens with zero attached hydrogens (tertiary/aromatic N) is 2.